The molecule has 5 nitrogen and oxygen atoms in total. The fourth-order valence-corrected chi connectivity index (χ4v) is 8.65. The lowest BCUT2D eigenvalue weighted by Gasteiger charge is -2.39. The van der Waals surface area contributed by atoms with Gasteiger partial charge >= 0.3 is 0 Å². The van der Waals surface area contributed by atoms with E-state index in [1.807, 2.05) is 0 Å². The number of hydrogen-bond donors (Lipinski definition) is 0. The summed E-state index contributed by atoms with van der Waals surface area (Å²) >= 11 is 39.8. The van der Waals surface area contributed by atoms with Crippen molar-refractivity contribution in [2.75, 3.05) is 0 Å². The lowest BCUT2D eigenvalue weighted by molar-refractivity contribution is -0.202. The average molecular weight is 496 g/mol. The highest BCUT2D eigenvalue weighted by Crippen LogP contribution is 2.81. The van der Waals surface area contributed by atoms with Crippen LogP contribution in [-0.4, -0.2) is 49.3 Å². The van der Waals surface area contributed by atoms with Gasteiger partial charge in [0.2, 0.25) is 0 Å². The van der Waals surface area contributed by atoms with Crippen LogP contribution in [0.4, 0.5) is 0 Å². The smallest absolute Gasteiger partial charge is 0.260 e. The second-order valence-corrected chi connectivity index (χ2v) is 11.2. The first kappa shape index (κ1) is 19.5. The largest absolute Gasteiger partial charge is 0.373 e. The fourth-order valence-electron chi connectivity index (χ4n) is 5.59. The molecule has 3 heterocycles. The van der Waals surface area contributed by atoms with E-state index >= 15 is 0 Å². The molecule has 0 radical (unpaired) electrons. The van der Waals surface area contributed by atoms with Gasteiger partial charge in [0.15, 0.2) is 4.33 Å². The Labute approximate surface area is 185 Å². The highest BCUT2D eigenvalue weighted by atomic mass is 35.5. The molecule has 0 aromatic rings. The van der Waals surface area contributed by atoms with Gasteiger partial charge < -0.3 is 4.74 Å². The van der Waals surface area contributed by atoms with Crippen LogP contribution in [0.3, 0.4) is 0 Å². The number of fused-ring (bicyclic) bond motifs is 12. The van der Waals surface area contributed by atoms with E-state index in [1.165, 1.54) is 0 Å². The van der Waals surface area contributed by atoms with Gasteiger partial charge in [-0.3, -0.25) is 14.4 Å². The molecule has 4 bridgehead atoms. The highest BCUT2D eigenvalue weighted by molar-refractivity contribution is 6.65. The van der Waals surface area contributed by atoms with E-state index < -0.39 is 61.8 Å². The predicted octanol–water partition coefficient (Wildman–Crippen LogP) is 3.79. The minimum Gasteiger partial charge on any atom is -0.373 e. The van der Waals surface area contributed by atoms with Crippen LogP contribution in [0.5, 0.6) is 0 Å². The summed E-state index contributed by atoms with van der Waals surface area (Å²) < 4.78 is 4.33. The van der Waals surface area contributed by atoms with E-state index in [0.717, 1.165) is 5.06 Å². The standard InChI is InChI=1S/C16H13Cl6NO4/c1-3(2)27-23-12(24)4-5(13(23)25)9-7-6(8(4)26-9)14(19)10(17)11(18)15(7,20)16(14,21)22/h3-9H,1-2H3/t4-,5-,6+,7+,8-,9-,14+,15+/m1/s1. The lowest BCUT2D eigenvalue weighted by Crippen LogP contribution is -2.50. The normalized spacial score (nSPS) is 51.8. The molecule has 0 aromatic heterocycles. The number of carbonyl (C=O) groups excluding carboxylic acids is 2. The summed E-state index contributed by atoms with van der Waals surface area (Å²) in [4.78, 5) is 28.2. The second-order valence-electron chi connectivity index (χ2n) is 7.92. The van der Waals surface area contributed by atoms with Crippen molar-refractivity contribution in [3.05, 3.63) is 10.1 Å². The summed E-state index contributed by atoms with van der Waals surface area (Å²) in [7, 11) is 0. The Bertz CT molecular complexity index is 774. The summed E-state index contributed by atoms with van der Waals surface area (Å²) in [6.07, 6.45) is -1.76. The molecule has 0 N–H and O–H groups in total. The van der Waals surface area contributed by atoms with Crippen molar-refractivity contribution in [2.24, 2.45) is 23.7 Å². The van der Waals surface area contributed by atoms with Gasteiger partial charge in [-0.2, -0.15) is 5.06 Å². The Balaban J connectivity index is 1.63. The minimum absolute atomic E-state index is 0.0619. The van der Waals surface area contributed by atoms with Crippen LogP contribution in [0, 0.1) is 23.7 Å². The zero-order valence-electron chi connectivity index (χ0n) is 13.9. The molecule has 11 heteroatoms. The zero-order valence-corrected chi connectivity index (χ0v) is 18.4. The van der Waals surface area contributed by atoms with Crippen molar-refractivity contribution in [2.45, 2.75) is 46.2 Å². The van der Waals surface area contributed by atoms with E-state index in [0.29, 0.717) is 0 Å². The van der Waals surface area contributed by atoms with Gasteiger partial charge in [-0.05, 0) is 13.8 Å². The Morgan fingerprint density at radius 2 is 1.33 bits per heavy atom. The third-order valence-electron chi connectivity index (χ3n) is 6.45. The third-order valence-corrected chi connectivity index (χ3v) is 10.7. The first-order valence-corrected chi connectivity index (χ1v) is 10.7. The van der Waals surface area contributed by atoms with Gasteiger partial charge in [0, 0.05) is 11.8 Å². The van der Waals surface area contributed by atoms with E-state index in [2.05, 4.69) is 0 Å². The molecular formula is C16H13Cl6NO4. The van der Waals surface area contributed by atoms with Crippen LogP contribution >= 0.6 is 69.6 Å². The molecular weight excluding hydrogens is 483 g/mol. The number of hydroxylamine groups is 2. The molecule has 8 atom stereocenters. The third kappa shape index (κ3) is 1.79. The summed E-state index contributed by atoms with van der Waals surface area (Å²) in [5, 5.41) is 0.956. The summed E-state index contributed by atoms with van der Waals surface area (Å²) in [5.74, 6) is -3.54. The number of carbonyl (C=O) groups is 2. The Morgan fingerprint density at radius 3 is 1.70 bits per heavy atom. The van der Waals surface area contributed by atoms with Gasteiger partial charge in [0.25, 0.3) is 11.8 Å². The molecule has 4 fully saturated rings. The number of alkyl halides is 4. The number of hydrogen-bond acceptors (Lipinski definition) is 4. The summed E-state index contributed by atoms with van der Waals surface area (Å²) in [6, 6.07) is 0. The van der Waals surface area contributed by atoms with Crippen LogP contribution in [-0.2, 0) is 19.2 Å². The number of amides is 2. The van der Waals surface area contributed by atoms with E-state index in [-0.39, 0.29) is 16.2 Å². The maximum absolute atomic E-state index is 12.9. The van der Waals surface area contributed by atoms with Crippen LogP contribution < -0.4 is 0 Å². The Kier molecular flexibility index (Phi) is 3.91. The van der Waals surface area contributed by atoms with Gasteiger partial charge in [0.1, 0.15) is 9.75 Å². The molecule has 2 aliphatic carbocycles. The maximum Gasteiger partial charge on any atom is 0.260 e. The molecule has 1 saturated carbocycles. The first-order valence-electron chi connectivity index (χ1n) is 8.44. The minimum atomic E-state index is -1.72. The number of rotatable bonds is 2. The van der Waals surface area contributed by atoms with Gasteiger partial charge in [-0.15, -0.1) is 23.2 Å². The molecule has 27 heavy (non-hydrogen) atoms. The fraction of sp³-hybridized carbons (Fsp3) is 0.750. The number of allylic oxidation sites excluding steroid dienone is 2. The summed E-state index contributed by atoms with van der Waals surface area (Å²) in [5.41, 5.74) is 0. The Hall–Kier alpha value is 0.540. The molecule has 2 amide bonds. The van der Waals surface area contributed by atoms with Gasteiger partial charge in [0.05, 0.1) is 40.2 Å². The zero-order chi connectivity index (χ0) is 19.8. The maximum atomic E-state index is 12.9. The summed E-state index contributed by atoms with van der Waals surface area (Å²) in [6.45, 7) is 3.46. The number of halogens is 6. The van der Waals surface area contributed by atoms with E-state index in [4.69, 9.17) is 79.2 Å². The first-order chi connectivity index (χ1) is 12.4. The van der Waals surface area contributed by atoms with Crippen molar-refractivity contribution in [3.63, 3.8) is 0 Å². The quantitative estimate of drug-likeness (QED) is 0.432. The molecule has 5 rings (SSSR count). The molecule has 0 spiro atoms. The number of nitrogens with zero attached hydrogens (tertiary/aromatic N) is 1. The van der Waals surface area contributed by atoms with E-state index in [9.17, 15) is 9.59 Å². The van der Waals surface area contributed by atoms with E-state index in [1.54, 1.807) is 13.8 Å². The molecule has 0 unspecified atom stereocenters. The SMILES string of the molecule is CC(C)ON1C(=O)[C@H]2[C@H]3O[C@H]([C@@H]2C1=O)[C@@H]1[C@@H]3[C@]2(Cl)C(Cl)=C(Cl)[C@]1(Cl)C2(Cl)Cl. The van der Waals surface area contributed by atoms with Crippen molar-refractivity contribution < 1.29 is 19.2 Å². The van der Waals surface area contributed by atoms with Crippen LogP contribution in [0.2, 0.25) is 0 Å². The monoisotopic (exact) mass is 493 g/mol. The Morgan fingerprint density at radius 1 is 0.926 bits per heavy atom. The molecule has 3 saturated heterocycles. The highest BCUT2D eigenvalue weighted by Gasteiger charge is 2.90. The van der Waals surface area contributed by atoms with Crippen LogP contribution in [0.15, 0.2) is 10.1 Å². The molecule has 3 aliphatic heterocycles. The molecule has 148 valence electrons. The van der Waals surface area contributed by atoms with Crippen molar-refractivity contribution >= 4 is 81.4 Å². The van der Waals surface area contributed by atoms with Crippen LogP contribution in [0.25, 0.3) is 0 Å². The van der Waals surface area contributed by atoms with Gasteiger partial charge in [-0.1, -0.05) is 46.4 Å². The predicted molar refractivity (Wildman–Crippen MR) is 101 cm³/mol. The van der Waals surface area contributed by atoms with Crippen molar-refractivity contribution in [1.29, 1.82) is 0 Å². The molecule has 0 aromatic carbocycles. The average Bonchev–Trinajstić information content (AvgIpc) is 3.27. The number of ether oxygens (including phenoxy) is 1. The molecule has 5 aliphatic rings. The van der Waals surface area contributed by atoms with Crippen molar-refractivity contribution in [3.8, 4) is 0 Å². The van der Waals surface area contributed by atoms with Crippen LogP contribution in [0.1, 0.15) is 13.8 Å². The lowest BCUT2D eigenvalue weighted by atomic mass is 9.65. The van der Waals surface area contributed by atoms with Gasteiger partial charge in [-0.25, -0.2) is 0 Å². The number of imide groups is 1. The second kappa shape index (κ2) is 5.42. The topological polar surface area (TPSA) is 55.8 Å². The van der Waals surface area contributed by atoms with Crippen molar-refractivity contribution in [1.82, 2.24) is 5.06 Å².